The fourth-order valence-corrected chi connectivity index (χ4v) is 10.4. The number of thiophene rings is 2. The van der Waals surface area contributed by atoms with Gasteiger partial charge < -0.3 is 9.32 Å². The second-order valence-electron chi connectivity index (χ2n) is 13.2. The molecule has 0 amide bonds. The van der Waals surface area contributed by atoms with Crippen molar-refractivity contribution in [3.05, 3.63) is 176 Å². The zero-order chi connectivity index (χ0) is 34.2. The molecule has 0 saturated carbocycles. The van der Waals surface area contributed by atoms with Crippen molar-refractivity contribution in [2.24, 2.45) is 0 Å². The first kappa shape index (κ1) is 29.5. The second-order valence-corrected chi connectivity index (χ2v) is 15.3. The van der Waals surface area contributed by atoms with Crippen molar-refractivity contribution in [2.75, 3.05) is 4.90 Å². The molecule has 0 aliphatic carbocycles. The molecule has 0 bridgehead atoms. The maximum atomic E-state index is 6.45. The summed E-state index contributed by atoms with van der Waals surface area (Å²) in [4.78, 5) is 2.48. The smallest absolute Gasteiger partial charge is 0.143 e. The van der Waals surface area contributed by atoms with E-state index in [4.69, 9.17) is 4.42 Å². The van der Waals surface area contributed by atoms with Crippen LogP contribution in [-0.4, -0.2) is 0 Å². The summed E-state index contributed by atoms with van der Waals surface area (Å²) < 4.78 is 11.6. The van der Waals surface area contributed by atoms with Gasteiger partial charge in [-0.1, -0.05) is 133 Å². The van der Waals surface area contributed by atoms with Crippen molar-refractivity contribution < 1.29 is 4.42 Å². The van der Waals surface area contributed by atoms with Crippen molar-refractivity contribution in [1.29, 1.82) is 0 Å². The first-order valence-electron chi connectivity index (χ1n) is 17.5. The molecule has 4 heteroatoms. The molecule has 11 rings (SSSR count). The van der Waals surface area contributed by atoms with Crippen LogP contribution in [0.4, 0.5) is 17.1 Å². The van der Waals surface area contributed by atoms with Gasteiger partial charge in [0, 0.05) is 53.0 Å². The minimum Gasteiger partial charge on any atom is -0.455 e. The highest BCUT2D eigenvalue weighted by Crippen LogP contribution is 2.51. The lowest BCUT2D eigenvalue weighted by molar-refractivity contribution is 0.670. The Labute approximate surface area is 308 Å². The molecule has 0 fully saturated rings. The maximum Gasteiger partial charge on any atom is 0.143 e. The number of para-hydroxylation sites is 2. The molecule has 3 aromatic heterocycles. The van der Waals surface area contributed by atoms with Gasteiger partial charge in [-0.2, -0.15) is 0 Å². The molecule has 0 radical (unpaired) electrons. The first-order chi connectivity index (χ1) is 25.8. The van der Waals surface area contributed by atoms with Gasteiger partial charge in [0.2, 0.25) is 0 Å². The van der Waals surface area contributed by atoms with Gasteiger partial charge in [0.15, 0.2) is 0 Å². The number of furan rings is 1. The molecule has 8 aromatic carbocycles. The lowest BCUT2D eigenvalue weighted by Crippen LogP contribution is -2.10. The zero-order valence-electron chi connectivity index (χ0n) is 27.9. The van der Waals surface area contributed by atoms with Crippen LogP contribution in [0.1, 0.15) is 0 Å². The lowest BCUT2D eigenvalue weighted by Gasteiger charge is -2.27. The van der Waals surface area contributed by atoms with Crippen molar-refractivity contribution in [1.82, 2.24) is 0 Å². The van der Waals surface area contributed by atoms with Crippen LogP contribution in [0.25, 0.3) is 84.5 Å². The number of nitrogens with zero attached hydrogens (tertiary/aromatic N) is 1. The van der Waals surface area contributed by atoms with Gasteiger partial charge in [-0.05, 0) is 59.2 Å². The van der Waals surface area contributed by atoms with E-state index in [1.807, 2.05) is 34.8 Å². The van der Waals surface area contributed by atoms with Crippen LogP contribution >= 0.6 is 22.7 Å². The fourth-order valence-electron chi connectivity index (χ4n) is 7.93. The Morgan fingerprint density at radius 2 is 1.00 bits per heavy atom. The van der Waals surface area contributed by atoms with E-state index in [-0.39, 0.29) is 0 Å². The first-order valence-corrected chi connectivity index (χ1v) is 19.1. The quantitative estimate of drug-likeness (QED) is 0.178. The van der Waals surface area contributed by atoms with Crippen molar-refractivity contribution in [3.8, 4) is 22.3 Å². The Hall–Kier alpha value is -6.20. The minimum atomic E-state index is 0.912. The Balaban J connectivity index is 1.16. The van der Waals surface area contributed by atoms with Crippen LogP contribution in [0, 0.1) is 0 Å². The SMILES string of the molecule is c1ccc(-c2ccc(N(c3ccc(-c4cccc5c4oc4ccccc45)cc3)c3cccc4c3sc3ccccc34)c3sc4ccccc4c23)cc1. The molecule has 0 aliphatic heterocycles. The highest BCUT2D eigenvalue weighted by atomic mass is 32.1. The van der Waals surface area contributed by atoms with Crippen molar-refractivity contribution in [2.45, 2.75) is 0 Å². The molecule has 2 nitrogen and oxygen atoms in total. The van der Waals surface area contributed by atoms with Crippen LogP contribution in [-0.2, 0) is 0 Å². The third-order valence-corrected chi connectivity index (χ3v) is 12.7. The molecule has 0 spiro atoms. The molecule has 3 heterocycles. The average Bonchev–Trinajstić information content (AvgIpc) is 3.91. The molecule has 11 aromatic rings. The summed E-state index contributed by atoms with van der Waals surface area (Å²) in [6.45, 7) is 0. The van der Waals surface area contributed by atoms with E-state index < -0.39 is 0 Å². The predicted octanol–water partition coefficient (Wildman–Crippen LogP) is 15.1. The molecular weight excluding hydrogens is 671 g/mol. The van der Waals surface area contributed by atoms with Crippen LogP contribution in [0.2, 0.25) is 0 Å². The molecular formula is C48H29NOS2. The van der Waals surface area contributed by atoms with E-state index in [0.717, 1.165) is 38.8 Å². The van der Waals surface area contributed by atoms with E-state index in [2.05, 4.69) is 169 Å². The monoisotopic (exact) mass is 699 g/mol. The van der Waals surface area contributed by atoms with Crippen LogP contribution < -0.4 is 4.90 Å². The van der Waals surface area contributed by atoms with Crippen LogP contribution in [0.5, 0.6) is 0 Å². The summed E-state index contributed by atoms with van der Waals surface area (Å²) in [6.07, 6.45) is 0. The van der Waals surface area contributed by atoms with Crippen LogP contribution in [0.3, 0.4) is 0 Å². The zero-order valence-corrected chi connectivity index (χ0v) is 29.5. The number of anilines is 3. The normalized spacial score (nSPS) is 11.8. The average molecular weight is 700 g/mol. The van der Waals surface area contributed by atoms with Gasteiger partial charge >= 0.3 is 0 Å². The van der Waals surface area contributed by atoms with E-state index in [9.17, 15) is 0 Å². The number of fused-ring (bicyclic) bond motifs is 9. The highest BCUT2D eigenvalue weighted by Gasteiger charge is 2.23. The predicted molar refractivity (Wildman–Crippen MR) is 225 cm³/mol. The number of rotatable bonds is 5. The van der Waals surface area contributed by atoms with E-state index >= 15 is 0 Å². The summed E-state index contributed by atoms with van der Waals surface area (Å²) in [7, 11) is 0. The summed E-state index contributed by atoms with van der Waals surface area (Å²) in [5.74, 6) is 0. The van der Waals surface area contributed by atoms with Crippen LogP contribution in [0.15, 0.2) is 180 Å². The number of benzene rings is 8. The Bertz CT molecular complexity index is 3130. The van der Waals surface area contributed by atoms with Gasteiger partial charge in [-0.25, -0.2) is 0 Å². The van der Waals surface area contributed by atoms with Gasteiger partial charge in [-0.3, -0.25) is 0 Å². The Kier molecular flexibility index (Phi) is 6.63. The van der Waals surface area contributed by atoms with Crippen molar-refractivity contribution >= 4 is 102 Å². The second kappa shape index (κ2) is 11.7. The highest BCUT2D eigenvalue weighted by molar-refractivity contribution is 7.27. The number of hydrogen-bond donors (Lipinski definition) is 0. The molecule has 0 unspecified atom stereocenters. The maximum absolute atomic E-state index is 6.45. The summed E-state index contributed by atoms with van der Waals surface area (Å²) >= 11 is 3.75. The number of hydrogen-bond acceptors (Lipinski definition) is 4. The molecule has 52 heavy (non-hydrogen) atoms. The summed E-state index contributed by atoms with van der Waals surface area (Å²) in [5, 5.41) is 7.45. The van der Waals surface area contributed by atoms with E-state index in [1.54, 1.807) is 0 Å². The third kappa shape index (κ3) is 4.48. The molecule has 0 atom stereocenters. The Morgan fingerprint density at radius 3 is 1.85 bits per heavy atom. The minimum absolute atomic E-state index is 0.912. The molecule has 244 valence electrons. The van der Waals surface area contributed by atoms with Gasteiger partial charge in [0.05, 0.1) is 20.8 Å². The van der Waals surface area contributed by atoms with Gasteiger partial charge in [0.1, 0.15) is 11.2 Å². The van der Waals surface area contributed by atoms with Crippen molar-refractivity contribution in [3.63, 3.8) is 0 Å². The summed E-state index contributed by atoms with van der Waals surface area (Å²) in [6, 6.07) is 63.6. The fraction of sp³-hybridized carbons (Fsp3) is 0. The molecule has 0 aliphatic rings. The summed E-state index contributed by atoms with van der Waals surface area (Å²) in [5.41, 5.74) is 10.00. The van der Waals surface area contributed by atoms with Gasteiger partial charge in [-0.15, -0.1) is 22.7 Å². The van der Waals surface area contributed by atoms with E-state index in [0.29, 0.717) is 0 Å². The molecule has 0 N–H and O–H groups in total. The van der Waals surface area contributed by atoms with E-state index in [1.165, 1.54) is 62.8 Å². The Morgan fingerprint density at radius 1 is 0.385 bits per heavy atom. The largest absolute Gasteiger partial charge is 0.455 e. The van der Waals surface area contributed by atoms with Gasteiger partial charge in [0.25, 0.3) is 0 Å². The molecule has 0 saturated heterocycles. The topological polar surface area (TPSA) is 16.4 Å². The lowest BCUT2D eigenvalue weighted by atomic mass is 9.98. The third-order valence-electron chi connectivity index (χ3n) is 10.3. The standard InChI is InChI=1S/C48H29NOS2/c1-2-12-30(13-3-1)33-28-29-41(48-45(33)39-16-6-9-23-44(39)52-48)49(40-20-11-19-38-36-15-5-8-22-43(36)51-47(38)40)32-26-24-31(25-27-32)34-17-10-18-37-35-14-4-7-21-42(35)50-46(34)37/h1-29H.